The van der Waals surface area contributed by atoms with Gasteiger partial charge in [-0.2, -0.15) is 13.2 Å². The Bertz CT molecular complexity index is 112. The summed E-state index contributed by atoms with van der Waals surface area (Å²) in [5, 5.41) is 0. The summed E-state index contributed by atoms with van der Waals surface area (Å²) in [5.74, 6) is 0. The van der Waals surface area contributed by atoms with E-state index in [1.165, 1.54) is 7.05 Å². The first kappa shape index (κ1) is 9.67. The Morgan fingerprint density at radius 1 is 1.40 bits per heavy atom. The molecule has 0 aromatic carbocycles. The third-order valence-corrected chi connectivity index (χ3v) is 0.877. The summed E-state index contributed by atoms with van der Waals surface area (Å²) in [6.45, 7) is 0.726. The molecule has 0 saturated carbocycles. The predicted octanol–water partition coefficient (Wildman–Crippen LogP) is 0.375. The van der Waals surface area contributed by atoms with Crippen LogP contribution in [0, 0.1) is 0 Å². The largest absolute Gasteiger partial charge is 0.432 e. The highest BCUT2D eigenvalue weighted by Crippen LogP contribution is 2.27. The van der Waals surface area contributed by atoms with Gasteiger partial charge in [0, 0.05) is 7.05 Å². The van der Waals surface area contributed by atoms with Gasteiger partial charge in [0.15, 0.2) is 0 Å². The van der Waals surface area contributed by atoms with E-state index in [-0.39, 0.29) is 0 Å². The van der Waals surface area contributed by atoms with Gasteiger partial charge in [-0.1, -0.05) is 0 Å². The fraction of sp³-hybridized carbons (Fsp3) is 1.00. The van der Waals surface area contributed by atoms with Crippen molar-refractivity contribution in [1.29, 1.82) is 0 Å². The molecule has 3 nitrogen and oxygen atoms in total. The Morgan fingerprint density at radius 3 is 1.90 bits per heavy atom. The molecule has 0 aliphatic carbocycles. The number of hydrogen-bond acceptors (Lipinski definition) is 3. The van der Waals surface area contributed by atoms with Gasteiger partial charge in [0.05, 0.1) is 0 Å². The van der Waals surface area contributed by atoms with Crippen molar-refractivity contribution >= 4 is 0 Å². The molecule has 6 heteroatoms. The van der Waals surface area contributed by atoms with Gasteiger partial charge in [-0.25, -0.2) is 5.48 Å². The van der Waals surface area contributed by atoms with Gasteiger partial charge in [-0.15, -0.1) is 0 Å². The van der Waals surface area contributed by atoms with Crippen LogP contribution in [0.2, 0.25) is 0 Å². The lowest BCUT2D eigenvalue weighted by atomic mass is 10.3. The maximum absolute atomic E-state index is 11.7. The first-order valence-corrected chi connectivity index (χ1v) is 2.51. The minimum atomic E-state index is -4.56. The van der Waals surface area contributed by atoms with Gasteiger partial charge in [-0.05, 0) is 6.92 Å². The van der Waals surface area contributed by atoms with Crippen LogP contribution in [-0.4, -0.2) is 18.9 Å². The van der Waals surface area contributed by atoms with E-state index in [9.17, 15) is 13.2 Å². The zero-order valence-corrected chi connectivity index (χ0v) is 5.62. The van der Waals surface area contributed by atoms with Gasteiger partial charge in [-0.3, -0.25) is 10.6 Å². The van der Waals surface area contributed by atoms with Gasteiger partial charge in [0.25, 0.3) is 0 Å². The predicted molar refractivity (Wildman–Crippen MR) is 28.8 cm³/mol. The van der Waals surface area contributed by atoms with Crippen LogP contribution in [0.1, 0.15) is 6.92 Å². The number of halogens is 3. The summed E-state index contributed by atoms with van der Waals surface area (Å²) in [4.78, 5) is 4.00. The lowest BCUT2D eigenvalue weighted by Gasteiger charge is -2.25. The van der Waals surface area contributed by atoms with Crippen LogP contribution in [0.15, 0.2) is 0 Å². The quantitative estimate of drug-likeness (QED) is 0.451. The first-order chi connectivity index (χ1) is 4.31. The van der Waals surface area contributed by atoms with Crippen molar-refractivity contribution in [2.45, 2.75) is 18.8 Å². The van der Waals surface area contributed by atoms with Crippen molar-refractivity contribution in [2.75, 3.05) is 7.05 Å². The van der Waals surface area contributed by atoms with Crippen molar-refractivity contribution in [3.63, 3.8) is 0 Å². The molecule has 0 aromatic heterocycles. The third kappa shape index (κ3) is 2.13. The fourth-order valence-corrected chi connectivity index (χ4v) is 0.270. The molecule has 0 saturated heterocycles. The first-order valence-electron chi connectivity index (χ1n) is 2.51. The van der Waals surface area contributed by atoms with Crippen LogP contribution in [0.3, 0.4) is 0 Å². The number of hydrogen-bond donors (Lipinski definition) is 2. The Hall–Kier alpha value is -0.330. The summed E-state index contributed by atoms with van der Waals surface area (Å²) in [7, 11) is 1.21. The molecular formula is C4H9F3N2O. The Morgan fingerprint density at radius 2 is 1.80 bits per heavy atom. The Kier molecular flexibility index (Phi) is 2.64. The van der Waals surface area contributed by atoms with E-state index in [1.807, 2.05) is 5.48 Å². The third-order valence-electron chi connectivity index (χ3n) is 0.877. The monoisotopic (exact) mass is 158 g/mol. The van der Waals surface area contributed by atoms with E-state index >= 15 is 0 Å². The standard InChI is InChI=1S/C4H9F3N2O/c1-3(8,10-9-2)4(5,6)7/h9H,8H2,1-2H3. The number of alkyl halides is 3. The van der Waals surface area contributed by atoms with Crippen molar-refractivity contribution in [3.05, 3.63) is 0 Å². The average Bonchev–Trinajstić information content (AvgIpc) is 1.61. The van der Waals surface area contributed by atoms with Crippen molar-refractivity contribution in [1.82, 2.24) is 5.48 Å². The maximum atomic E-state index is 11.7. The van der Waals surface area contributed by atoms with E-state index in [2.05, 4.69) is 4.84 Å². The van der Waals surface area contributed by atoms with Gasteiger partial charge in [0.1, 0.15) is 0 Å². The lowest BCUT2D eigenvalue weighted by molar-refractivity contribution is -0.285. The average molecular weight is 158 g/mol. The Labute approximate surface area is 56.3 Å². The van der Waals surface area contributed by atoms with Gasteiger partial charge >= 0.3 is 6.18 Å². The van der Waals surface area contributed by atoms with Crippen molar-refractivity contribution in [2.24, 2.45) is 5.73 Å². The molecule has 0 rings (SSSR count). The highest BCUT2D eigenvalue weighted by Gasteiger charge is 2.50. The van der Waals surface area contributed by atoms with Crippen LogP contribution < -0.4 is 11.2 Å². The van der Waals surface area contributed by atoms with E-state index in [0.29, 0.717) is 0 Å². The molecule has 1 atom stereocenters. The molecule has 0 spiro atoms. The molecule has 3 N–H and O–H groups in total. The molecule has 0 aliphatic heterocycles. The summed E-state index contributed by atoms with van der Waals surface area (Å²) in [5.41, 5.74) is 3.94. The van der Waals surface area contributed by atoms with Crippen LogP contribution in [0.5, 0.6) is 0 Å². The van der Waals surface area contributed by atoms with Crippen LogP contribution in [-0.2, 0) is 4.84 Å². The second-order valence-electron chi connectivity index (χ2n) is 1.91. The summed E-state index contributed by atoms with van der Waals surface area (Å²) < 4.78 is 35.2. The number of hydroxylamine groups is 1. The molecule has 0 aliphatic rings. The smallest absolute Gasteiger partial charge is 0.294 e. The molecule has 0 radical (unpaired) electrons. The zero-order valence-electron chi connectivity index (χ0n) is 5.62. The minimum Gasteiger partial charge on any atom is -0.294 e. The summed E-state index contributed by atoms with van der Waals surface area (Å²) in [6.07, 6.45) is -4.56. The number of nitrogens with one attached hydrogen (secondary N) is 1. The Balaban J connectivity index is 4.10. The topological polar surface area (TPSA) is 47.3 Å². The van der Waals surface area contributed by atoms with E-state index in [1.54, 1.807) is 0 Å². The fourth-order valence-electron chi connectivity index (χ4n) is 0.270. The number of rotatable bonds is 2. The van der Waals surface area contributed by atoms with Gasteiger partial charge in [0.2, 0.25) is 5.72 Å². The van der Waals surface area contributed by atoms with Gasteiger partial charge < -0.3 is 0 Å². The number of nitrogens with two attached hydrogens (primary N) is 1. The van der Waals surface area contributed by atoms with Crippen molar-refractivity contribution < 1.29 is 18.0 Å². The van der Waals surface area contributed by atoms with E-state index < -0.39 is 11.9 Å². The van der Waals surface area contributed by atoms with Crippen LogP contribution >= 0.6 is 0 Å². The van der Waals surface area contributed by atoms with E-state index in [4.69, 9.17) is 5.73 Å². The van der Waals surface area contributed by atoms with Crippen molar-refractivity contribution in [3.8, 4) is 0 Å². The summed E-state index contributed by atoms with van der Waals surface area (Å²) >= 11 is 0. The molecule has 0 amide bonds. The molecule has 0 aromatic rings. The zero-order chi connectivity index (χ0) is 8.41. The molecule has 0 heterocycles. The second kappa shape index (κ2) is 2.73. The lowest BCUT2D eigenvalue weighted by Crippen LogP contribution is -2.55. The molecule has 1 unspecified atom stereocenters. The van der Waals surface area contributed by atoms with Crippen LogP contribution in [0.4, 0.5) is 13.2 Å². The molecular weight excluding hydrogens is 149 g/mol. The molecule has 0 bridgehead atoms. The normalized spacial score (nSPS) is 18.6. The highest BCUT2D eigenvalue weighted by atomic mass is 19.4. The molecule has 62 valence electrons. The second-order valence-corrected chi connectivity index (χ2v) is 1.91. The molecule has 0 fully saturated rings. The maximum Gasteiger partial charge on any atom is 0.432 e. The van der Waals surface area contributed by atoms with Crippen LogP contribution in [0.25, 0.3) is 0 Å². The summed E-state index contributed by atoms with van der Waals surface area (Å²) in [6, 6.07) is 0. The highest BCUT2D eigenvalue weighted by molar-refractivity contribution is 4.74. The molecule has 10 heavy (non-hydrogen) atoms. The minimum absolute atomic E-state index is 0.726. The van der Waals surface area contributed by atoms with E-state index in [0.717, 1.165) is 6.92 Å². The SMILES string of the molecule is CNOC(C)(N)C(F)(F)F.